The maximum Gasteiger partial charge on any atom is 0.230 e. The summed E-state index contributed by atoms with van der Waals surface area (Å²) in [6.45, 7) is 9.31. The minimum atomic E-state index is -0.214. The molecule has 2 atom stereocenters. The van der Waals surface area contributed by atoms with Gasteiger partial charge in [0.1, 0.15) is 0 Å². The van der Waals surface area contributed by atoms with Crippen LogP contribution in [0.5, 0.6) is 0 Å². The van der Waals surface area contributed by atoms with Crippen molar-refractivity contribution in [3.63, 3.8) is 0 Å². The van der Waals surface area contributed by atoms with Crippen molar-refractivity contribution >= 4 is 22.4 Å². The lowest BCUT2D eigenvalue weighted by molar-refractivity contribution is -0.134. The Labute approximate surface area is 160 Å². The molecule has 1 N–H and O–H groups in total. The molecule has 1 aliphatic heterocycles. The molecule has 2 aliphatic rings. The number of carbonyl (C=O) groups excluding carboxylic acids is 1. The molecule has 0 fully saturated rings. The summed E-state index contributed by atoms with van der Waals surface area (Å²) in [5.74, 6) is -0.150. The van der Waals surface area contributed by atoms with Gasteiger partial charge in [0.25, 0.3) is 0 Å². The Bertz CT molecular complexity index is 896. The number of benzene rings is 1. The molecule has 0 saturated carbocycles. The van der Waals surface area contributed by atoms with Gasteiger partial charge in [-0.2, -0.15) is 4.39 Å². The van der Waals surface area contributed by atoms with Crippen LogP contribution in [0.1, 0.15) is 38.3 Å². The van der Waals surface area contributed by atoms with Crippen molar-refractivity contribution in [3.05, 3.63) is 41.3 Å². The molecule has 144 valence electrons. The lowest BCUT2D eigenvalue weighted by Crippen LogP contribution is -2.49. The normalized spacial score (nSPS) is 21.9. The summed E-state index contributed by atoms with van der Waals surface area (Å²) in [6, 6.07) is 6.12. The highest BCUT2D eigenvalue weighted by Crippen LogP contribution is 2.42. The van der Waals surface area contributed by atoms with Crippen molar-refractivity contribution in [2.24, 2.45) is 5.92 Å². The predicted molar refractivity (Wildman–Crippen MR) is 107 cm³/mol. The number of halogens is 1. The molecule has 4 nitrogen and oxygen atoms in total. The zero-order chi connectivity index (χ0) is 19.1. The van der Waals surface area contributed by atoms with Crippen molar-refractivity contribution in [3.8, 4) is 0 Å². The van der Waals surface area contributed by atoms with Crippen molar-refractivity contribution in [2.45, 2.75) is 39.7 Å². The summed E-state index contributed by atoms with van der Waals surface area (Å²) in [5, 5.41) is 0.991. The van der Waals surface area contributed by atoms with Gasteiger partial charge < -0.3 is 9.88 Å². The monoisotopic (exact) mass is 369 g/mol. The number of nitrogens with zero attached hydrogens (tertiary/aromatic N) is 2. The summed E-state index contributed by atoms with van der Waals surface area (Å²) in [7, 11) is 0. The van der Waals surface area contributed by atoms with Crippen LogP contribution >= 0.6 is 0 Å². The third-order valence-corrected chi connectivity index (χ3v) is 6.10. The van der Waals surface area contributed by atoms with Crippen LogP contribution in [0, 0.1) is 11.9 Å². The highest BCUT2D eigenvalue weighted by Gasteiger charge is 2.38. The van der Waals surface area contributed by atoms with Crippen LogP contribution in [0.2, 0.25) is 0 Å². The molecular weight excluding hydrogens is 341 g/mol. The SMILES string of the molecule is CCCN1C[C@H](C(=O)N(CC)CC)C=C2c3cccc4[nH]c(F)c(c34)C[C@H]21. The van der Waals surface area contributed by atoms with E-state index in [0.29, 0.717) is 13.0 Å². The molecule has 4 rings (SSSR count). The zero-order valence-electron chi connectivity index (χ0n) is 16.4. The lowest BCUT2D eigenvalue weighted by atomic mass is 9.79. The summed E-state index contributed by atoms with van der Waals surface area (Å²) in [6.07, 6.45) is 3.85. The minimum Gasteiger partial charge on any atom is -0.343 e. The number of amides is 1. The van der Waals surface area contributed by atoms with Crippen LogP contribution < -0.4 is 0 Å². The fourth-order valence-electron chi connectivity index (χ4n) is 4.83. The number of carbonyl (C=O) groups is 1. The van der Waals surface area contributed by atoms with E-state index in [4.69, 9.17) is 0 Å². The van der Waals surface area contributed by atoms with Crippen LogP contribution in [-0.4, -0.2) is 52.9 Å². The average molecular weight is 369 g/mol. The minimum absolute atomic E-state index is 0.136. The standard InChI is InChI=1S/C22H28FN3O/c1-4-10-26-13-14(22(27)25(5-2)6-3)11-16-15-8-7-9-18-20(15)17(12-19(16)26)21(23)24-18/h7-9,11,14,19,24H,4-6,10,12-13H2,1-3H3/t14-,19-/m1/s1. The number of nitrogens with one attached hydrogen (secondary N) is 1. The van der Waals surface area contributed by atoms with E-state index in [1.165, 1.54) is 5.57 Å². The third kappa shape index (κ3) is 2.89. The van der Waals surface area contributed by atoms with Gasteiger partial charge in [0.15, 0.2) is 5.95 Å². The van der Waals surface area contributed by atoms with Crippen molar-refractivity contribution in [1.29, 1.82) is 0 Å². The number of aromatic nitrogens is 1. The molecule has 1 amide bonds. The summed E-state index contributed by atoms with van der Waals surface area (Å²) in [5.41, 5.74) is 3.91. The van der Waals surface area contributed by atoms with Crippen molar-refractivity contribution in [1.82, 2.24) is 14.8 Å². The van der Waals surface area contributed by atoms with Gasteiger partial charge in [-0.25, -0.2) is 0 Å². The van der Waals surface area contributed by atoms with Gasteiger partial charge in [0, 0.05) is 42.1 Å². The van der Waals surface area contributed by atoms with Gasteiger partial charge in [-0.05, 0) is 50.4 Å². The van der Waals surface area contributed by atoms with Gasteiger partial charge in [-0.15, -0.1) is 0 Å². The molecule has 0 saturated heterocycles. The van der Waals surface area contributed by atoms with E-state index in [9.17, 15) is 9.18 Å². The Morgan fingerprint density at radius 2 is 2.07 bits per heavy atom. The molecule has 2 aromatic rings. The van der Waals surface area contributed by atoms with Crippen LogP contribution in [0.4, 0.5) is 4.39 Å². The van der Waals surface area contributed by atoms with E-state index in [1.807, 2.05) is 30.9 Å². The molecule has 0 radical (unpaired) electrons. The van der Waals surface area contributed by atoms with Crippen molar-refractivity contribution < 1.29 is 9.18 Å². The smallest absolute Gasteiger partial charge is 0.230 e. The van der Waals surface area contributed by atoms with E-state index in [0.717, 1.165) is 48.1 Å². The molecule has 5 heteroatoms. The molecule has 1 aromatic heterocycles. The number of aromatic amines is 1. The second-order valence-electron chi connectivity index (χ2n) is 7.60. The van der Waals surface area contributed by atoms with Gasteiger partial charge in [-0.3, -0.25) is 9.69 Å². The van der Waals surface area contributed by atoms with Crippen LogP contribution in [0.3, 0.4) is 0 Å². The number of rotatable bonds is 5. The van der Waals surface area contributed by atoms with E-state index < -0.39 is 0 Å². The summed E-state index contributed by atoms with van der Waals surface area (Å²) < 4.78 is 14.5. The number of fused-ring (bicyclic) bond motifs is 2. The predicted octanol–water partition coefficient (Wildman–Crippen LogP) is 3.83. The quantitative estimate of drug-likeness (QED) is 0.870. The highest BCUT2D eigenvalue weighted by atomic mass is 19.1. The summed E-state index contributed by atoms with van der Waals surface area (Å²) >= 11 is 0. The molecular formula is C22H28FN3O. The molecule has 1 aliphatic carbocycles. The van der Waals surface area contributed by atoms with E-state index in [-0.39, 0.29) is 23.8 Å². The first-order valence-corrected chi connectivity index (χ1v) is 10.1. The van der Waals surface area contributed by atoms with Gasteiger partial charge in [0.05, 0.1) is 5.92 Å². The Balaban J connectivity index is 1.83. The first-order valence-electron chi connectivity index (χ1n) is 10.1. The lowest BCUT2D eigenvalue weighted by Gasteiger charge is -2.42. The van der Waals surface area contributed by atoms with Gasteiger partial charge in [-0.1, -0.05) is 25.1 Å². The molecule has 27 heavy (non-hydrogen) atoms. The number of hydrogen-bond donors (Lipinski definition) is 1. The first-order chi connectivity index (χ1) is 13.1. The van der Waals surface area contributed by atoms with Crippen molar-refractivity contribution in [2.75, 3.05) is 26.2 Å². The third-order valence-electron chi connectivity index (χ3n) is 6.10. The largest absolute Gasteiger partial charge is 0.343 e. The van der Waals surface area contributed by atoms with Crippen LogP contribution in [0.25, 0.3) is 16.5 Å². The molecule has 0 unspecified atom stereocenters. The summed E-state index contributed by atoms with van der Waals surface area (Å²) in [4.78, 5) is 20.3. The first kappa shape index (κ1) is 18.2. The Kier molecular flexibility index (Phi) is 4.81. The van der Waals surface area contributed by atoms with E-state index in [1.54, 1.807) is 0 Å². The van der Waals surface area contributed by atoms with Crippen LogP contribution in [-0.2, 0) is 11.2 Å². The zero-order valence-corrected chi connectivity index (χ0v) is 16.4. The van der Waals surface area contributed by atoms with Gasteiger partial charge in [0.2, 0.25) is 5.91 Å². The Morgan fingerprint density at radius 1 is 1.30 bits per heavy atom. The molecule has 0 bridgehead atoms. The Morgan fingerprint density at radius 3 is 2.78 bits per heavy atom. The Hall–Kier alpha value is -2.14. The topological polar surface area (TPSA) is 39.3 Å². The maximum absolute atomic E-state index is 14.5. The number of H-pyrrole nitrogens is 1. The fourth-order valence-corrected chi connectivity index (χ4v) is 4.83. The van der Waals surface area contributed by atoms with E-state index >= 15 is 0 Å². The van der Waals surface area contributed by atoms with E-state index in [2.05, 4.69) is 29.0 Å². The molecule has 2 heterocycles. The number of hydrogen-bond acceptors (Lipinski definition) is 2. The van der Waals surface area contributed by atoms with Crippen LogP contribution in [0.15, 0.2) is 24.3 Å². The second-order valence-corrected chi connectivity index (χ2v) is 7.60. The average Bonchev–Trinajstić information content (AvgIpc) is 3.00. The molecule has 1 aromatic carbocycles. The highest BCUT2D eigenvalue weighted by molar-refractivity contribution is 5.99. The molecule has 0 spiro atoms. The van der Waals surface area contributed by atoms with Gasteiger partial charge >= 0.3 is 0 Å². The fraction of sp³-hybridized carbons (Fsp3) is 0.500. The maximum atomic E-state index is 14.5. The second kappa shape index (κ2) is 7.12.